The minimum absolute atomic E-state index is 0. The van der Waals surface area contributed by atoms with Gasteiger partial charge in [-0.3, -0.25) is 0 Å². The standard InChI is InChI=1S/C21H38N.HI/c1-4-5-6-7-8-9-10-11-12-13-14-15-17-22-18-16-20(2)21(3)19-22;/h16,18-19H,4-15,17H2,1-3H3;1H/q+1;/p-1. The highest BCUT2D eigenvalue weighted by molar-refractivity contribution is 5.16. The summed E-state index contributed by atoms with van der Waals surface area (Å²) in [4.78, 5) is 0. The third-order valence-electron chi connectivity index (χ3n) is 4.77. The van der Waals surface area contributed by atoms with E-state index in [2.05, 4.69) is 43.8 Å². The first kappa shape index (κ1) is 22.9. The van der Waals surface area contributed by atoms with E-state index in [1.807, 2.05) is 0 Å². The summed E-state index contributed by atoms with van der Waals surface area (Å²) >= 11 is 0. The Morgan fingerprint density at radius 2 is 1.17 bits per heavy atom. The van der Waals surface area contributed by atoms with E-state index in [0.717, 1.165) is 0 Å². The number of hydrogen-bond acceptors (Lipinski definition) is 0. The van der Waals surface area contributed by atoms with Crippen molar-refractivity contribution in [2.45, 2.75) is 104 Å². The molecule has 0 bridgehead atoms. The number of aryl methyl sites for hydroxylation is 3. The zero-order chi connectivity index (χ0) is 16.0. The lowest BCUT2D eigenvalue weighted by molar-refractivity contribution is -0.697. The first-order chi connectivity index (χ1) is 10.7. The molecule has 134 valence electrons. The average molecular weight is 431 g/mol. The number of unbranched alkanes of at least 4 members (excludes halogenated alkanes) is 11. The second-order valence-electron chi connectivity index (χ2n) is 6.94. The number of aromatic nitrogens is 1. The minimum atomic E-state index is 0. The van der Waals surface area contributed by atoms with Gasteiger partial charge >= 0.3 is 0 Å². The molecular formula is C21H38IN. The molecule has 2 heteroatoms. The molecule has 0 aliphatic rings. The van der Waals surface area contributed by atoms with Crippen LogP contribution in [0.2, 0.25) is 0 Å². The van der Waals surface area contributed by atoms with Crippen LogP contribution in [-0.4, -0.2) is 0 Å². The van der Waals surface area contributed by atoms with Crippen LogP contribution in [-0.2, 0) is 6.54 Å². The van der Waals surface area contributed by atoms with Gasteiger partial charge in [0.15, 0.2) is 12.4 Å². The summed E-state index contributed by atoms with van der Waals surface area (Å²) in [5.74, 6) is 0. The van der Waals surface area contributed by atoms with Crippen LogP contribution in [0, 0.1) is 13.8 Å². The maximum atomic E-state index is 2.35. The quantitative estimate of drug-likeness (QED) is 0.256. The van der Waals surface area contributed by atoms with Crippen molar-refractivity contribution in [3.05, 3.63) is 29.6 Å². The van der Waals surface area contributed by atoms with E-state index in [1.165, 1.54) is 94.7 Å². The van der Waals surface area contributed by atoms with Gasteiger partial charge in [-0.25, -0.2) is 4.57 Å². The fourth-order valence-corrected chi connectivity index (χ4v) is 3.01. The molecule has 1 aromatic heterocycles. The highest BCUT2D eigenvalue weighted by atomic mass is 127. The Bertz CT molecular complexity index is 389. The zero-order valence-electron chi connectivity index (χ0n) is 15.7. The van der Waals surface area contributed by atoms with Gasteiger partial charge in [-0.2, -0.15) is 0 Å². The molecule has 0 spiro atoms. The molecule has 0 aromatic carbocycles. The molecule has 0 radical (unpaired) electrons. The molecule has 0 aliphatic heterocycles. The van der Waals surface area contributed by atoms with Crippen molar-refractivity contribution in [1.82, 2.24) is 0 Å². The predicted octanol–water partition coefficient (Wildman–Crippen LogP) is 3.30. The lowest BCUT2D eigenvalue weighted by atomic mass is 10.1. The molecule has 0 N–H and O–H groups in total. The van der Waals surface area contributed by atoms with Gasteiger partial charge in [0.1, 0.15) is 6.54 Å². The first-order valence-corrected chi connectivity index (χ1v) is 9.70. The Balaban J connectivity index is 0.00000484. The van der Waals surface area contributed by atoms with Crippen LogP contribution in [0.4, 0.5) is 0 Å². The van der Waals surface area contributed by atoms with Gasteiger partial charge in [-0.15, -0.1) is 0 Å². The van der Waals surface area contributed by atoms with E-state index in [1.54, 1.807) is 0 Å². The van der Waals surface area contributed by atoms with Crippen molar-refractivity contribution >= 4 is 0 Å². The van der Waals surface area contributed by atoms with Crippen molar-refractivity contribution < 1.29 is 28.5 Å². The molecule has 0 saturated heterocycles. The second kappa shape index (κ2) is 15.4. The van der Waals surface area contributed by atoms with Crippen molar-refractivity contribution in [1.29, 1.82) is 0 Å². The van der Waals surface area contributed by atoms with E-state index in [9.17, 15) is 0 Å². The Morgan fingerprint density at radius 1 is 0.696 bits per heavy atom. The van der Waals surface area contributed by atoms with Gasteiger partial charge in [0.05, 0.1) is 0 Å². The second-order valence-corrected chi connectivity index (χ2v) is 6.94. The molecule has 0 saturated carbocycles. The van der Waals surface area contributed by atoms with Crippen molar-refractivity contribution in [2.75, 3.05) is 0 Å². The van der Waals surface area contributed by atoms with Crippen LogP contribution in [0.1, 0.15) is 95.1 Å². The minimum Gasteiger partial charge on any atom is -1.00 e. The zero-order valence-corrected chi connectivity index (χ0v) is 17.9. The molecule has 1 rings (SSSR count). The lowest BCUT2D eigenvalue weighted by Gasteiger charge is -2.03. The SMILES string of the molecule is CCCCCCCCCCCCCC[n+]1ccc(C)c(C)c1.[I-]. The summed E-state index contributed by atoms with van der Waals surface area (Å²) in [6, 6.07) is 2.23. The summed E-state index contributed by atoms with van der Waals surface area (Å²) < 4.78 is 2.35. The fourth-order valence-electron chi connectivity index (χ4n) is 3.01. The normalized spacial score (nSPS) is 10.6. The molecule has 0 amide bonds. The Kier molecular flexibility index (Phi) is 15.3. The monoisotopic (exact) mass is 431 g/mol. The number of pyridine rings is 1. The topological polar surface area (TPSA) is 3.88 Å². The van der Waals surface area contributed by atoms with E-state index >= 15 is 0 Å². The summed E-state index contributed by atoms with van der Waals surface area (Å²) in [7, 11) is 0. The third kappa shape index (κ3) is 12.0. The van der Waals surface area contributed by atoms with E-state index < -0.39 is 0 Å². The molecular weight excluding hydrogens is 393 g/mol. The third-order valence-corrected chi connectivity index (χ3v) is 4.77. The molecule has 1 heterocycles. The Morgan fingerprint density at radius 3 is 1.65 bits per heavy atom. The summed E-state index contributed by atoms with van der Waals surface area (Å²) in [5, 5.41) is 0. The van der Waals surface area contributed by atoms with Crippen molar-refractivity contribution in [3.8, 4) is 0 Å². The van der Waals surface area contributed by atoms with E-state index in [-0.39, 0.29) is 24.0 Å². The summed E-state index contributed by atoms with van der Waals surface area (Å²) in [6.45, 7) is 7.86. The van der Waals surface area contributed by atoms with Crippen molar-refractivity contribution in [2.24, 2.45) is 0 Å². The van der Waals surface area contributed by atoms with Crippen LogP contribution in [0.5, 0.6) is 0 Å². The number of halogens is 1. The van der Waals surface area contributed by atoms with Crippen LogP contribution < -0.4 is 28.5 Å². The smallest absolute Gasteiger partial charge is 0.171 e. The van der Waals surface area contributed by atoms with Crippen molar-refractivity contribution in [3.63, 3.8) is 0 Å². The molecule has 0 fully saturated rings. The number of nitrogens with zero attached hydrogens (tertiary/aromatic N) is 1. The highest BCUT2D eigenvalue weighted by Crippen LogP contribution is 2.12. The predicted molar refractivity (Wildman–Crippen MR) is 97.2 cm³/mol. The van der Waals surface area contributed by atoms with E-state index in [4.69, 9.17) is 0 Å². The number of hydrogen-bond donors (Lipinski definition) is 0. The van der Waals surface area contributed by atoms with Gasteiger partial charge in [-0.1, -0.05) is 71.1 Å². The lowest BCUT2D eigenvalue weighted by Crippen LogP contribution is -3.00. The molecule has 0 atom stereocenters. The Hall–Kier alpha value is -0.120. The number of rotatable bonds is 13. The molecule has 0 aliphatic carbocycles. The van der Waals surface area contributed by atoms with Gasteiger partial charge in [-0.05, 0) is 25.8 Å². The largest absolute Gasteiger partial charge is 1.00 e. The van der Waals surface area contributed by atoms with Gasteiger partial charge < -0.3 is 24.0 Å². The van der Waals surface area contributed by atoms with Gasteiger partial charge in [0.2, 0.25) is 0 Å². The van der Waals surface area contributed by atoms with E-state index in [0.29, 0.717) is 0 Å². The van der Waals surface area contributed by atoms with Crippen LogP contribution in [0.25, 0.3) is 0 Å². The fraction of sp³-hybridized carbons (Fsp3) is 0.762. The van der Waals surface area contributed by atoms with Crippen LogP contribution in [0.15, 0.2) is 18.5 Å². The molecule has 1 aromatic rings. The summed E-state index contributed by atoms with van der Waals surface area (Å²) in [5.41, 5.74) is 2.80. The summed E-state index contributed by atoms with van der Waals surface area (Å²) in [6.07, 6.45) is 21.6. The first-order valence-electron chi connectivity index (χ1n) is 9.70. The van der Waals surface area contributed by atoms with Crippen LogP contribution in [0.3, 0.4) is 0 Å². The van der Waals surface area contributed by atoms with Gasteiger partial charge in [0, 0.05) is 18.1 Å². The average Bonchev–Trinajstić information content (AvgIpc) is 2.52. The van der Waals surface area contributed by atoms with Gasteiger partial charge in [0.25, 0.3) is 0 Å². The maximum Gasteiger partial charge on any atom is 0.171 e. The Labute approximate surface area is 162 Å². The molecule has 1 nitrogen and oxygen atoms in total. The molecule has 23 heavy (non-hydrogen) atoms. The maximum absolute atomic E-state index is 2.35. The molecule has 0 unspecified atom stereocenters. The highest BCUT2D eigenvalue weighted by Gasteiger charge is 2.02. The van der Waals surface area contributed by atoms with Crippen LogP contribution >= 0.6 is 0 Å².